The van der Waals surface area contributed by atoms with Crippen LogP contribution in [0.3, 0.4) is 0 Å². The quantitative estimate of drug-likeness (QED) is 0.253. The minimum Gasteiger partial charge on any atom is -0.460 e. The van der Waals surface area contributed by atoms with Gasteiger partial charge in [0.2, 0.25) is 0 Å². The summed E-state index contributed by atoms with van der Waals surface area (Å²) in [5.74, 6) is -0.467. The van der Waals surface area contributed by atoms with Crippen LogP contribution in [-0.2, 0) is 23.8 Å². The van der Waals surface area contributed by atoms with Gasteiger partial charge in [-0.3, -0.25) is 4.79 Å². The molecule has 0 aromatic carbocycles. The molecule has 2 rings (SSSR count). The van der Waals surface area contributed by atoms with E-state index in [1.807, 2.05) is 19.1 Å². The van der Waals surface area contributed by atoms with Crippen LogP contribution in [0.5, 0.6) is 0 Å². The largest absolute Gasteiger partial charge is 0.460 e. The van der Waals surface area contributed by atoms with Crippen molar-refractivity contribution < 1.29 is 49.3 Å². The smallest absolute Gasteiger partial charge is 0.331 e. The Morgan fingerprint density at radius 1 is 0.900 bits per heavy atom. The van der Waals surface area contributed by atoms with Crippen LogP contribution < -0.4 is 0 Å². The number of ketones is 1. The zero-order valence-electron chi connectivity index (χ0n) is 23.0. The molecular formula is C30H44O10. The molecule has 10 nitrogen and oxygen atoms in total. The van der Waals surface area contributed by atoms with Crippen molar-refractivity contribution in [3.63, 3.8) is 0 Å². The molecule has 1 saturated heterocycles. The van der Waals surface area contributed by atoms with Crippen molar-refractivity contribution in [2.45, 2.75) is 107 Å². The first-order chi connectivity index (χ1) is 19.2. The van der Waals surface area contributed by atoms with Gasteiger partial charge >= 0.3 is 5.97 Å². The maximum absolute atomic E-state index is 12.1. The van der Waals surface area contributed by atoms with E-state index in [0.717, 1.165) is 12.8 Å². The van der Waals surface area contributed by atoms with E-state index in [0.29, 0.717) is 32.1 Å². The van der Waals surface area contributed by atoms with Crippen molar-refractivity contribution in [1.82, 2.24) is 0 Å². The van der Waals surface area contributed by atoms with E-state index in [4.69, 9.17) is 14.2 Å². The zero-order chi connectivity index (χ0) is 29.3. The number of ether oxygens (including phenoxy) is 3. The predicted octanol–water partition coefficient (Wildman–Crippen LogP) is 1.95. The summed E-state index contributed by atoms with van der Waals surface area (Å²) in [4.78, 5) is 24.2. The second-order valence-electron chi connectivity index (χ2n) is 10.0. The molecule has 5 N–H and O–H groups in total. The number of esters is 1. The van der Waals surface area contributed by atoms with Crippen molar-refractivity contribution in [2.24, 2.45) is 0 Å². The number of hydrogen-bond donors (Lipinski definition) is 5. The van der Waals surface area contributed by atoms with Crippen LogP contribution in [0.4, 0.5) is 0 Å². The highest BCUT2D eigenvalue weighted by molar-refractivity contribution is 5.82. The molecule has 0 aromatic heterocycles. The number of aliphatic hydroxyl groups excluding tert-OH is 5. The highest BCUT2D eigenvalue weighted by Crippen LogP contribution is 2.24. The summed E-state index contributed by atoms with van der Waals surface area (Å²) in [6.07, 6.45) is 12.3. The first-order valence-corrected chi connectivity index (χ1v) is 13.9. The Morgan fingerprint density at radius 3 is 2.40 bits per heavy atom. The highest BCUT2D eigenvalue weighted by atomic mass is 16.7. The fourth-order valence-electron chi connectivity index (χ4n) is 4.21. The van der Waals surface area contributed by atoms with E-state index in [9.17, 15) is 35.1 Å². The second-order valence-corrected chi connectivity index (χ2v) is 10.0. The van der Waals surface area contributed by atoms with Crippen LogP contribution >= 0.6 is 0 Å². The lowest BCUT2D eigenvalue weighted by atomic mass is 9.99. The van der Waals surface area contributed by atoms with E-state index in [-0.39, 0.29) is 18.3 Å². The molecule has 2 heterocycles. The topological polar surface area (TPSA) is 163 Å². The van der Waals surface area contributed by atoms with E-state index in [2.05, 4.69) is 0 Å². The molecular weight excluding hydrogens is 520 g/mol. The SMILES string of the molecule is CC1CCCC=CCCC(=O)CC(O)CC=C/C=C/C(OC2OC(CO)C(O)C(O)C2O)CC=CC=CC(=O)O1. The fraction of sp³-hybridized carbons (Fsp3) is 0.600. The first kappa shape index (κ1) is 33.8. The summed E-state index contributed by atoms with van der Waals surface area (Å²) in [6, 6.07) is 0. The maximum atomic E-state index is 12.1. The molecule has 0 saturated carbocycles. The molecule has 0 radical (unpaired) electrons. The van der Waals surface area contributed by atoms with Gasteiger partial charge in [0.25, 0.3) is 0 Å². The third kappa shape index (κ3) is 12.8. The number of carbonyl (C=O) groups is 2. The van der Waals surface area contributed by atoms with Gasteiger partial charge in [0.15, 0.2) is 6.29 Å². The third-order valence-corrected chi connectivity index (χ3v) is 6.50. The third-order valence-electron chi connectivity index (χ3n) is 6.50. The summed E-state index contributed by atoms with van der Waals surface area (Å²) in [5, 5.41) is 50.0. The molecule has 40 heavy (non-hydrogen) atoms. The Balaban J connectivity index is 2.11. The van der Waals surface area contributed by atoms with Crippen molar-refractivity contribution in [1.29, 1.82) is 0 Å². The van der Waals surface area contributed by atoms with Crippen LogP contribution in [0, 0.1) is 0 Å². The average Bonchev–Trinajstić information content (AvgIpc) is 2.91. The summed E-state index contributed by atoms with van der Waals surface area (Å²) in [7, 11) is 0. The Morgan fingerprint density at radius 2 is 1.62 bits per heavy atom. The van der Waals surface area contributed by atoms with E-state index >= 15 is 0 Å². The van der Waals surface area contributed by atoms with Gasteiger partial charge in [0.05, 0.1) is 24.9 Å². The molecule has 0 aromatic rings. The lowest BCUT2D eigenvalue weighted by Crippen LogP contribution is -2.59. The fourth-order valence-corrected chi connectivity index (χ4v) is 4.21. The van der Waals surface area contributed by atoms with Gasteiger partial charge in [-0.25, -0.2) is 4.79 Å². The minimum atomic E-state index is -1.57. The van der Waals surface area contributed by atoms with Gasteiger partial charge in [-0.1, -0.05) is 54.7 Å². The number of allylic oxidation sites excluding steroid dienone is 6. The number of aliphatic hydroxyl groups is 5. The van der Waals surface area contributed by atoms with Crippen LogP contribution in [0.25, 0.3) is 0 Å². The Labute approximate surface area is 235 Å². The molecule has 0 aliphatic carbocycles. The number of Topliss-reactive ketones (excluding diaryl/α,β-unsaturated/α-hetero) is 1. The van der Waals surface area contributed by atoms with E-state index in [1.54, 1.807) is 42.5 Å². The van der Waals surface area contributed by atoms with Gasteiger partial charge in [-0.2, -0.15) is 0 Å². The molecule has 0 amide bonds. The summed E-state index contributed by atoms with van der Waals surface area (Å²) >= 11 is 0. The van der Waals surface area contributed by atoms with Gasteiger partial charge in [0, 0.05) is 18.9 Å². The van der Waals surface area contributed by atoms with E-state index in [1.165, 1.54) is 6.08 Å². The molecule has 0 bridgehead atoms. The lowest BCUT2D eigenvalue weighted by Gasteiger charge is -2.40. The zero-order valence-corrected chi connectivity index (χ0v) is 23.0. The molecule has 0 spiro atoms. The van der Waals surface area contributed by atoms with Gasteiger partial charge in [-0.05, 0) is 45.4 Å². The Kier molecular flexibility index (Phi) is 15.9. The first-order valence-electron chi connectivity index (χ1n) is 13.9. The second kappa shape index (κ2) is 18.8. The summed E-state index contributed by atoms with van der Waals surface area (Å²) in [6.45, 7) is 1.26. The molecule has 1 fully saturated rings. The van der Waals surface area contributed by atoms with Gasteiger partial charge in [-0.15, -0.1) is 0 Å². The van der Waals surface area contributed by atoms with Crippen LogP contribution in [0.2, 0.25) is 0 Å². The normalized spacial score (nSPS) is 35.1. The Hall–Kier alpha value is -2.44. The molecule has 8 atom stereocenters. The van der Waals surface area contributed by atoms with Crippen LogP contribution in [-0.4, -0.2) is 92.9 Å². The monoisotopic (exact) mass is 564 g/mol. The summed E-state index contributed by atoms with van der Waals surface area (Å²) < 4.78 is 16.7. The van der Waals surface area contributed by atoms with Gasteiger partial charge < -0.3 is 39.7 Å². The van der Waals surface area contributed by atoms with Crippen molar-refractivity contribution in [3.05, 3.63) is 60.8 Å². The van der Waals surface area contributed by atoms with Crippen molar-refractivity contribution >= 4 is 11.8 Å². The van der Waals surface area contributed by atoms with Crippen molar-refractivity contribution in [2.75, 3.05) is 6.61 Å². The molecule has 2 aliphatic heterocycles. The Bertz CT molecular complexity index is 906. The molecule has 2 aliphatic rings. The minimum absolute atomic E-state index is 0.0103. The summed E-state index contributed by atoms with van der Waals surface area (Å²) in [5.41, 5.74) is 0. The van der Waals surface area contributed by atoms with Crippen LogP contribution in [0.1, 0.15) is 58.3 Å². The number of carbonyl (C=O) groups excluding carboxylic acids is 2. The lowest BCUT2D eigenvalue weighted by molar-refractivity contribution is -0.307. The van der Waals surface area contributed by atoms with Crippen LogP contribution in [0.15, 0.2) is 60.8 Å². The highest BCUT2D eigenvalue weighted by Gasteiger charge is 2.44. The predicted molar refractivity (Wildman–Crippen MR) is 148 cm³/mol. The molecule has 10 heteroatoms. The van der Waals surface area contributed by atoms with E-state index < -0.39 is 55.5 Å². The number of cyclic esters (lactones) is 1. The maximum Gasteiger partial charge on any atom is 0.331 e. The number of hydrogen-bond acceptors (Lipinski definition) is 10. The standard InChI is InChI=1S/C30H44O10/c1-21-13-7-3-2-4-8-14-22(32)19-23(33)15-9-5-10-16-24(17-11-6-12-18-26(34)38-21)39-30-29(37)28(36)27(35)25(20-31)40-30/h2,4-6,9-12,16,18,21,23-25,27-31,33,35-37H,3,7-8,13-15,17,19-20H2,1H3/b4-2?,9-5?,11-6?,16-10+,18-12?. The average molecular weight is 565 g/mol. The number of rotatable bonds is 3. The van der Waals surface area contributed by atoms with Gasteiger partial charge in [0.1, 0.15) is 30.2 Å². The van der Waals surface area contributed by atoms with Crippen molar-refractivity contribution in [3.8, 4) is 0 Å². The molecule has 8 unspecified atom stereocenters. The molecule has 224 valence electrons.